The zero-order valence-corrected chi connectivity index (χ0v) is 17.7. The smallest absolute Gasteiger partial charge is 0.118 e. The second kappa shape index (κ2) is 9.10. The number of furan rings is 1. The van der Waals surface area contributed by atoms with Gasteiger partial charge >= 0.3 is 0 Å². The van der Waals surface area contributed by atoms with Gasteiger partial charge < -0.3 is 28.9 Å². The molecule has 0 saturated carbocycles. The number of hydrogen-bond donors (Lipinski definition) is 1. The van der Waals surface area contributed by atoms with E-state index in [4.69, 9.17) is 9.15 Å². The van der Waals surface area contributed by atoms with E-state index in [0.29, 0.717) is 19.6 Å². The van der Waals surface area contributed by atoms with Crippen LogP contribution in [0, 0.1) is 6.92 Å². The number of fused-ring (bicyclic) bond motifs is 1. The van der Waals surface area contributed by atoms with Crippen LogP contribution in [0.1, 0.15) is 32.9 Å². The SMILES string of the molecule is COc1ccc(Cn2c(C(=O)[O-])c(CNCCc3ccco3)c3ccc(C)cc32)cc1. The highest BCUT2D eigenvalue weighted by molar-refractivity contribution is 5.97. The molecule has 0 aliphatic carbocycles. The molecule has 6 heteroatoms. The number of aromatic carboxylic acids is 1. The summed E-state index contributed by atoms with van der Waals surface area (Å²) in [5, 5.41) is 16.5. The van der Waals surface area contributed by atoms with Crippen molar-refractivity contribution < 1.29 is 19.1 Å². The number of carboxylic acid groups (broad SMARTS) is 1. The van der Waals surface area contributed by atoms with E-state index in [1.165, 1.54) is 0 Å². The summed E-state index contributed by atoms with van der Waals surface area (Å²) in [6.45, 7) is 3.54. The Morgan fingerprint density at radius 1 is 1.16 bits per heavy atom. The molecular weight excluding hydrogens is 392 g/mol. The number of aryl methyl sites for hydroxylation is 1. The number of rotatable bonds is 9. The molecule has 0 unspecified atom stereocenters. The maximum absolute atomic E-state index is 12.2. The van der Waals surface area contributed by atoms with Crippen LogP contribution in [-0.4, -0.2) is 24.2 Å². The lowest BCUT2D eigenvalue weighted by atomic mass is 10.1. The predicted octanol–water partition coefficient (Wildman–Crippen LogP) is 3.30. The average molecular weight is 417 g/mol. The molecule has 2 aromatic heterocycles. The van der Waals surface area contributed by atoms with Crippen LogP contribution in [0.5, 0.6) is 5.75 Å². The third kappa shape index (κ3) is 4.49. The van der Waals surface area contributed by atoms with Gasteiger partial charge in [-0.2, -0.15) is 0 Å². The van der Waals surface area contributed by atoms with Crippen LogP contribution in [0.3, 0.4) is 0 Å². The predicted molar refractivity (Wildman–Crippen MR) is 117 cm³/mol. The van der Waals surface area contributed by atoms with Crippen LogP contribution in [0.4, 0.5) is 0 Å². The van der Waals surface area contributed by atoms with Gasteiger partial charge in [0.05, 0.1) is 25.0 Å². The van der Waals surface area contributed by atoms with Gasteiger partial charge in [0.1, 0.15) is 11.5 Å². The van der Waals surface area contributed by atoms with E-state index in [9.17, 15) is 9.90 Å². The number of ether oxygens (including phenoxy) is 1. The summed E-state index contributed by atoms with van der Waals surface area (Å²) < 4.78 is 12.4. The Morgan fingerprint density at radius 3 is 2.65 bits per heavy atom. The molecule has 0 fully saturated rings. The van der Waals surface area contributed by atoms with Gasteiger partial charge in [-0.25, -0.2) is 0 Å². The van der Waals surface area contributed by atoms with Crippen LogP contribution in [0.15, 0.2) is 65.3 Å². The first-order valence-electron chi connectivity index (χ1n) is 10.3. The van der Waals surface area contributed by atoms with Crippen LogP contribution >= 0.6 is 0 Å². The van der Waals surface area contributed by atoms with Crippen molar-refractivity contribution in [1.29, 1.82) is 0 Å². The third-order valence-electron chi connectivity index (χ3n) is 5.45. The Kier molecular flexibility index (Phi) is 6.09. The zero-order chi connectivity index (χ0) is 21.8. The summed E-state index contributed by atoms with van der Waals surface area (Å²) in [5.41, 5.74) is 3.89. The average Bonchev–Trinajstić information content (AvgIpc) is 3.38. The summed E-state index contributed by atoms with van der Waals surface area (Å²) in [7, 11) is 1.62. The van der Waals surface area contributed by atoms with Crippen molar-refractivity contribution in [2.24, 2.45) is 0 Å². The maximum atomic E-state index is 12.2. The fourth-order valence-corrected chi connectivity index (χ4v) is 3.90. The van der Waals surface area contributed by atoms with Crippen molar-refractivity contribution in [3.8, 4) is 5.75 Å². The van der Waals surface area contributed by atoms with Gasteiger partial charge in [0.25, 0.3) is 0 Å². The Morgan fingerprint density at radius 2 is 1.97 bits per heavy atom. The van der Waals surface area contributed by atoms with Crippen LogP contribution in [0.2, 0.25) is 0 Å². The van der Waals surface area contributed by atoms with E-state index in [1.807, 2.05) is 66.1 Å². The molecule has 0 spiro atoms. The summed E-state index contributed by atoms with van der Waals surface area (Å²) in [6, 6.07) is 17.5. The van der Waals surface area contributed by atoms with Crippen molar-refractivity contribution >= 4 is 16.9 Å². The lowest BCUT2D eigenvalue weighted by Gasteiger charge is -2.14. The van der Waals surface area contributed by atoms with E-state index in [0.717, 1.165) is 45.5 Å². The molecule has 4 rings (SSSR count). The van der Waals surface area contributed by atoms with Crippen molar-refractivity contribution in [2.45, 2.75) is 26.4 Å². The van der Waals surface area contributed by atoms with Gasteiger partial charge in [-0.15, -0.1) is 0 Å². The highest BCUT2D eigenvalue weighted by atomic mass is 16.5. The molecule has 0 atom stereocenters. The van der Waals surface area contributed by atoms with Crippen molar-refractivity contribution in [3.63, 3.8) is 0 Å². The maximum Gasteiger partial charge on any atom is 0.118 e. The second-order valence-electron chi connectivity index (χ2n) is 7.58. The Hall–Kier alpha value is -3.51. The van der Waals surface area contributed by atoms with E-state index in [2.05, 4.69) is 5.32 Å². The monoisotopic (exact) mass is 417 g/mol. The molecule has 4 aromatic rings. The number of aromatic nitrogens is 1. The number of carboxylic acids is 1. The van der Waals surface area contributed by atoms with Gasteiger partial charge in [0, 0.05) is 42.5 Å². The lowest BCUT2D eigenvalue weighted by molar-refractivity contribution is -0.255. The topological polar surface area (TPSA) is 79.5 Å². The molecule has 0 saturated heterocycles. The van der Waals surface area contributed by atoms with Crippen molar-refractivity contribution in [1.82, 2.24) is 9.88 Å². The van der Waals surface area contributed by atoms with Gasteiger partial charge in [-0.1, -0.05) is 24.3 Å². The number of nitrogens with one attached hydrogen (secondary N) is 1. The van der Waals surface area contributed by atoms with Crippen molar-refractivity contribution in [3.05, 3.63) is 89.0 Å². The summed E-state index contributed by atoms with van der Waals surface area (Å²) in [4.78, 5) is 12.2. The molecule has 1 N–H and O–H groups in total. The van der Waals surface area contributed by atoms with E-state index in [-0.39, 0.29) is 5.69 Å². The van der Waals surface area contributed by atoms with E-state index >= 15 is 0 Å². The van der Waals surface area contributed by atoms with Crippen LogP contribution in [-0.2, 0) is 19.5 Å². The molecule has 0 radical (unpaired) electrons. The summed E-state index contributed by atoms with van der Waals surface area (Å²) in [5.74, 6) is 0.480. The first kappa shape index (κ1) is 20.8. The van der Waals surface area contributed by atoms with Crippen molar-refractivity contribution in [2.75, 3.05) is 13.7 Å². The van der Waals surface area contributed by atoms with Gasteiger partial charge in [-0.3, -0.25) is 0 Å². The quantitative estimate of drug-likeness (QED) is 0.423. The molecule has 2 aromatic carbocycles. The summed E-state index contributed by atoms with van der Waals surface area (Å²) >= 11 is 0. The molecule has 160 valence electrons. The third-order valence-corrected chi connectivity index (χ3v) is 5.45. The largest absolute Gasteiger partial charge is 0.543 e. The fourth-order valence-electron chi connectivity index (χ4n) is 3.90. The van der Waals surface area contributed by atoms with Gasteiger partial charge in [0.2, 0.25) is 0 Å². The molecule has 0 aliphatic rings. The molecule has 0 bridgehead atoms. The normalized spacial score (nSPS) is 11.2. The Labute approximate surface area is 181 Å². The van der Waals surface area contributed by atoms with Gasteiger partial charge in [0.15, 0.2) is 0 Å². The van der Waals surface area contributed by atoms with E-state index < -0.39 is 5.97 Å². The minimum Gasteiger partial charge on any atom is -0.543 e. The molecule has 0 aliphatic heterocycles. The number of carbonyl (C=O) groups excluding carboxylic acids is 1. The first-order valence-corrected chi connectivity index (χ1v) is 10.3. The first-order chi connectivity index (χ1) is 15.1. The zero-order valence-electron chi connectivity index (χ0n) is 17.7. The van der Waals surface area contributed by atoms with Crippen LogP contribution in [0.25, 0.3) is 10.9 Å². The lowest BCUT2D eigenvalue weighted by Crippen LogP contribution is -2.28. The highest BCUT2D eigenvalue weighted by Gasteiger charge is 2.18. The van der Waals surface area contributed by atoms with Crippen LogP contribution < -0.4 is 15.2 Å². The number of carbonyl (C=O) groups is 1. The second-order valence-corrected chi connectivity index (χ2v) is 7.58. The number of hydrogen-bond acceptors (Lipinski definition) is 5. The molecule has 2 heterocycles. The molecule has 0 amide bonds. The van der Waals surface area contributed by atoms with E-state index in [1.54, 1.807) is 13.4 Å². The molecule has 6 nitrogen and oxygen atoms in total. The highest BCUT2D eigenvalue weighted by Crippen LogP contribution is 2.28. The molecule has 31 heavy (non-hydrogen) atoms. The number of nitrogens with zero attached hydrogens (tertiary/aromatic N) is 1. The number of benzene rings is 2. The number of methoxy groups -OCH3 is 1. The molecular formula is C25H25N2O4-. The fraction of sp³-hybridized carbons (Fsp3) is 0.240. The Balaban J connectivity index is 1.67. The minimum atomic E-state index is -1.18. The minimum absolute atomic E-state index is 0.210. The summed E-state index contributed by atoms with van der Waals surface area (Å²) in [6.07, 6.45) is 2.38. The Bertz CT molecular complexity index is 1170. The standard InChI is InChI=1S/C25H26N2O4/c1-17-5-10-21-22(15-26-12-11-20-4-3-13-31-20)24(25(28)29)27(23(21)14-17)16-18-6-8-19(30-2)9-7-18/h3-10,13-14,26H,11-12,15-16H2,1-2H3,(H,28,29)/p-1. The van der Waals surface area contributed by atoms with Gasteiger partial charge in [-0.05, 0) is 48.4 Å².